The summed E-state index contributed by atoms with van der Waals surface area (Å²) in [5, 5.41) is 3.59. The largest absolute Gasteiger partial charge is 0.497 e. The van der Waals surface area contributed by atoms with Gasteiger partial charge in [0, 0.05) is 24.4 Å². The standard InChI is InChI=1S/C14H17N3O3/c1-8(18)16-6-5-10-11-7-9(20-2)3-4-12(11)17-13(10)14(15)19/h3-4,7,17H,5-6H2,1-2H3,(H2,15,19)(H,16,18). The van der Waals surface area contributed by atoms with Crippen molar-refractivity contribution in [3.8, 4) is 5.75 Å². The summed E-state index contributed by atoms with van der Waals surface area (Å²) in [6, 6.07) is 5.49. The van der Waals surface area contributed by atoms with E-state index >= 15 is 0 Å². The molecule has 2 aromatic rings. The van der Waals surface area contributed by atoms with E-state index in [4.69, 9.17) is 10.5 Å². The van der Waals surface area contributed by atoms with Crippen molar-refractivity contribution < 1.29 is 14.3 Å². The topological polar surface area (TPSA) is 97.2 Å². The highest BCUT2D eigenvalue weighted by Gasteiger charge is 2.16. The second-order valence-electron chi connectivity index (χ2n) is 4.49. The van der Waals surface area contributed by atoms with Gasteiger partial charge in [0.1, 0.15) is 11.4 Å². The van der Waals surface area contributed by atoms with Crippen LogP contribution in [-0.2, 0) is 11.2 Å². The molecule has 0 spiro atoms. The van der Waals surface area contributed by atoms with Gasteiger partial charge in [-0.1, -0.05) is 0 Å². The SMILES string of the molecule is COc1ccc2[nH]c(C(N)=O)c(CCNC(C)=O)c2c1. The molecule has 0 atom stereocenters. The van der Waals surface area contributed by atoms with E-state index in [1.807, 2.05) is 12.1 Å². The van der Waals surface area contributed by atoms with Crippen LogP contribution in [0, 0.1) is 0 Å². The molecule has 0 fully saturated rings. The van der Waals surface area contributed by atoms with E-state index in [9.17, 15) is 9.59 Å². The highest BCUT2D eigenvalue weighted by molar-refractivity contribution is 6.00. The van der Waals surface area contributed by atoms with Crippen LogP contribution in [-0.4, -0.2) is 30.5 Å². The number of aromatic amines is 1. The smallest absolute Gasteiger partial charge is 0.265 e. The van der Waals surface area contributed by atoms with Crippen LogP contribution in [0.5, 0.6) is 5.75 Å². The number of rotatable bonds is 5. The second kappa shape index (κ2) is 5.64. The summed E-state index contributed by atoms with van der Waals surface area (Å²) in [4.78, 5) is 25.5. The number of hydrogen-bond acceptors (Lipinski definition) is 3. The van der Waals surface area contributed by atoms with Gasteiger partial charge in [-0.15, -0.1) is 0 Å². The predicted octanol–water partition coefficient (Wildman–Crippen LogP) is 0.954. The molecule has 20 heavy (non-hydrogen) atoms. The lowest BCUT2D eigenvalue weighted by Crippen LogP contribution is -2.23. The fraction of sp³-hybridized carbons (Fsp3) is 0.286. The zero-order chi connectivity index (χ0) is 14.7. The molecule has 0 bridgehead atoms. The molecular formula is C14H17N3O3. The minimum absolute atomic E-state index is 0.108. The zero-order valence-corrected chi connectivity index (χ0v) is 11.4. The number of methoxy groups -OCH3 is 1. The molecule has 0 radical (unpaired) electrons. The minimum atomic E-state index is -0.516. The summed E-state index contributed by atoms with van der Waals surface area (Å²) >= 11 is 0. The molecule has 6 nitrogen and oxygen atoms in total. The summed E-state index contributed by atoms with van der Waals surface area (Å²) in [5.41, 5.74) is 7.37. The van der Waals surface area contributed by atoms with Gasteiger partial charge in [0.2, 0.25) is 5.91 Å². The summed E-state index contributed by atoms with van der Waals surface area (Å²) < 4.78 is 5.19. The van der Waals surface area contributed by atoms with Crippen molar-refractivity contribution in [2.75, 3.05) is 13.7 Å². The molecule has 106 valence electrons. The fourth-order valence-electron chi connectivity index (χ4n) is 2.19. The van der Waals surface area contributed by atoms with Gasteiger partial charge in [-0.2, -0.15) is 0 Å². The van der Waals surface area contributed by atoms with Crippen LogP contribution in [0.25, 0.3) is 10.9 Å². The second-order valence-corrected chi connectivity index (χ2v) is 4.49. The van der Waals surface area contributed by atoms with E-state index in [-0.39, 0.29) is 5.91 Å². The average Bonchev–Trinajstić information content (AvgIpc) is 2.76. The number of H-pyrrole nitrogens is 1. The van der Waals surface area contributed by atoms with Gasteiger partial charge in [0.25, 0.3) is 5.91 Å². The Hall–Kier alpha value is -2.50. The molecule has 0 unspecified atom stereocenters. The van der Waals surface area contributed by atoms with E-state index in [2.05, 4.69) is 10.3 Å². The number of carbonyl (C=O) groups is 2. The summed E-state index contributed by atoms with van der Waals surface area (Å²) in [7, 11) is 1.58. The number of fused-ring (bicyclic) bond motifs is 1. The van der Waals surface area contributed by atoms with Gasteiger partial charge in [0.05, 0.1) is 7.11 Å². The van der Waals surface area contributed by atoms with Gasteiger partial charge in [0.15, 0.2) is 0 Å². The fourth-order valence-corrected chi connectivity index (χ4v) is 2.19. The van der Waals surface area contributed by atoms with Crippen LogP contribution in [0.1, 0.15) is 23.0 Å². The van der Waals surface area contributed by atoms with Crippen LogP contribution >= 0.6 is 0 Å². The average molecular weight is 275 g/mol. The van der Waals surface area contributed by atoms with Gasteiger partial charge >= 0.3 is 0 Å². The number of amides is 2. The molecule has 0 saturated carbocycles. The predicted molar refractivity (Wildman–Crippen MR) is 75.8 cm³/mol. The van der Waals surface area contributed by atoms with Gasteiger partial charge < -0.3 is 20.8 Å². The molecule has 2 amide bonds. The van der Waals surface area contributed by atoms with Crippen LogP contribution in [0.15, 0.2) is 18.2 Å². The number of aromatic nitrogens is 1. The number of carbonyl (C=O) groups excluding carboxylic acids is 2. The lowest BCUT2D eigenvalue weighted by Gasteiger charge is -2.04. The van der Waals surface area contributed by atoms with Crippen LogP contribution in [0.2, 0.25) is 0 Å². The number of hydrogen-bond donors (Lipinski definition) is 3. The number of primary amides is 1. The van der Waals surface area contributed by atoms with Crippen molar-refractivity contribution in [3.05, 3.63) is 29.5 Å². The lowest BCUT2D eigenvalue weighted by atomic mass is 10.1. The van der Waals surface area contributed by atoms with Crippen LogP contribution < -0.4 is 15.8 Å². The third kappa shape index (κ3) is 2.74. The van der Waals surface area contributed by atoms with Gasteiger partial charge in [-0.25, -0.2) is 0 Å². The number of ether oxygens (including phenoxy) is 1. The first kappa shape index (κ1) is 13.9. The molecule has 0 aliphatic rings. The Morgan fingerprint density at radius 3 is 2.75 bits per heavy atom. The van der Waals surface area contributed by atoms with Crippen molar-refractivity contribution in [1.29, 1.82) is 0 Å². The van der Waals surface area contributed by atoms with E-state index < -0.39 is 5.91 Å². The molecule has 4 N–H and O–H groups in total. The quantitative estimate of drug-likeness (QED) is 0.758. The maximum absolute atomic E-state index is 11.5. The Morgan fingerprint density at radius 1 is 1.40 bits per heavy atom. The van der Waals surface area contributed by atoms with Crippen molar-refractivity contribution in [1.82, 2.24) is 10.3 Å². The minimum Gasteiger partial charge on any atom is -0.497 e. The third-order valence-electron chi connectivity index (χ3n) is 3.11. The molecule has 0 saturated heterocycles. The molecule has 1 aromatic carbocycles. The molecule has 1 aromatic heterocycles. The Balaban J connectivity index is 2.43. The van der Waals surface area contributed by atoms with Crippen molar-refractivity contribution in [3.63, 3.8) is 0 Å². The van der Waals surface area contributed by atoms with Crippen molar-refractivity contribution >= 4 is 22.7 Å². The number of nitrogens with two attached hydrogens (primary N) is 1. The monoisotopic (exact) mass is 275 g/mol. The molecule has 6 heteroatoms. The first-order valence-corrected chi connectivity index (χ1v) is 6.25. The first-order chi connectivity index (χ1) is 9.52. The highest BCUT2D eigenvalue weighted by Crippen LogP contribution is 2.26. The highest BCUT2D eigenvalue weighted by atomic mass is 16.5. The Bertz CT molecular complexity index is 661. The third-order valence-corrected chi connectivity index (χ3v) is 3.11. The Morgan fingerprint density at radius 2 is 2.15 bits per heavy atom. The number of nitrogens with one attached hydrogen (secondary N) is 2. The van der Waals surface area contributed by atoms with E-state index in [1.165, 1.54) is 6.92 Å². The molecule has 0 aliphatic carbocycles. The van der Waals surface area contributed by atoms with E-state index in [0.29, 0.717) is 24.4 Å². The summed E-state index contributed by atoms with van der Waals surface area (Å²) in [6.45, 7) is 1.90. The number of benzene rings is 1. The summed E-state index contributed by atoms with van der Waals surface area (Å²) in [5.74, 6) is 0.0781. The van der Waals surface area contributed by atoms with Gasteiger partial charge in [-0.3, -0.25) is 9.59 Å². The maximum Gasteiger partial charge on any atom is 0.265 e. The molecule has 2 rings (SSSR count). The Kier molecular flexibility index (Phi) is 3.93. The first-order valence-electron chi connectivity index (χ1n) is 6.25. The van der Waals surface area contributed by atoms with Crippen molar-refractivity contribution in [2.24, 2.45) is 5.73 Å². The summed E-state index contributed by atoms with van der Waals surface area (Å²) in [6.07, 6.45) is 0.519. The Labute approximate surface area is 116 Å². The maximum atomic E-state index is 11.5. The van der Waals surface area contributed by atoms with Crippen molar-refractivity contribution in [2.45, 2.75) is 13.3 Å². The van der Waals surface area contributed by atoms with E-state index in [1.54, 1.807) is 13.2 Å². The lowest BCUT2D eigenvalue weighted by molar-refractivity contribution is -0.118. The van der Waals surface area contributed by atoms with Crippen LogP contribution in [0.3, 0.4) is 0 Å². The van der Waals surface area contributed by atoms with E-state index in [0.717, 1.165) is 16.5 Å². The molecule has 0 aliphatic heterocycles. The molecule has 1 heterocycles. The normalized spacial score (nSPS) is 10.5. The van der Waals surface area contributed by atoms with Crippen LogP contribution in [0.4, 0.5) is 0 Å². The zero-order valence-electron chi connectivity index (χ0n) is 11.4. The molecular weight excluding hydrogens is 258 g/mol. The van der Waals surface area contributed by atoms with Gasteiger partial charge in [-0.05, 0) is 30.2 Å².